The van der Waals surface area contributed by atoms with Crippen LogP contribution >= 0.6 is 0 Å². The van der Waals surface area contributed by atoms with Crippen LogP contribution in [0.2, 0.25) is 0 Å². The molecule has 10 heteroatoms. The van der Waals surface area contributed by atoms with Crippen LogP contribution in [-0.4, -0.2) is 74.3 Å². The van der Waals surface area contributed by atoms with E-state index in [4.69, 9.17) is 4.74 Å². The van der Waals surface area contributed by atoms with E-state index in [1.165, 1.54) is 30.7 Å². The molecular weight excluding hydrogens is 417 g/mol. The maximum atomic E-state index is 14.9. The van der Waals surface area contributed by atoms with Crippen LogP contribution < -0.4 is 20.4 Å². The summed E-state index contributed by atoms with van der Waals surface area (Å²) in [6.45, 7) is 4.00. The summed E-state index contributed by atoms with van der Waals surface area (Å²) >= 11 is 0. The van der Waals surface area contributed by atoms with Gasteiger partial charge in [-0.05, 0) is 31.0 Å². The molecule has 1 aliphatic carbocycles. The number of cyclic esters (lactones) is 1. The molecule has 0 bridgehead atoms. The first-order chi connectivity index (χ1) is 15.4. The minimum Gasteiger partial charge on any atom is -0.442 e. The Morgan fingerprint density at radius 1 is 1.16 bits per heavy atom. The Bertz CT molecular complexity index is 868. The summed E-state index contributed by atoms with van der Waals surface area (Å²) in [6, 6.07) is 4.93. The van der Waals surface area contributed by atoms with Crippen LogP contribution in [0.15, 0.2) is 18.2 Å². The number of piperazine rings is 1. The highest BCUT2D eigenvalue weighted by molar-refractivity contribution is 5.90. The molecule has 32 heavy (non-hydrogen) atoms. The Labute approximate surface area is 186 Å². The minimum absolute atomic E-state index is 0.0336. The Morgan fingerprint density at radius 3 is 2.53 bits per heavy atom. The van der Waals surface area contributed by atoms with E-state index in [9.17, 15) is 18.8 Å². The predicted molar refractivity (Wildman–Crippen MR) is 117 cm³/mol. The fourth-order valence-electron chi connectivity index (χ4n) is 4.50. The number of amides is 4. The lowest BCUT2D eigenvalue weighted by molar-refractivity contribution is -0.119. The van der Waals surface area contributed by atoms with Gasteiger partial charge in [0, 0.05) is 39.1 Å². The summed E-state index contributed by atoms with van der Waals surface area (Å²) in [5, 5.41) is 5.72. The van der Waals surface area contributed by atoms with Crippen LogP contribution in [-0.2, 0) is 9.53 Å². The SMILES string of the molecule is CC(=O)NC[C@H]1CN(c2ccc(N3CCN(C(=O)NC4CCCC4)CC3)c(F)c2)C(=O)O1. The summed E-state index contributed by atoms with van der Waals surface area (Å²) in [5.74, 6) is -0.629. The molecule has 0 radical (unpaired) electrons. The molecule has 4 rings (SSSR count). The van der Waals surface area contributed by atoms with Gasteiger partial charge in [0.25, 0.3) is 0 Å². The molecule has 2 saturated heterocycles. The van der Waals surface area contributed by atoms with Crippen molar-refractivity contribution in [3.8, 4) is 0 Å². The molecule has 0 aromatic heterocycles. The van der Waals surface area contributed by atoms with E-state index < -0.39 is 18.0 Å². The molecule has 1 aromatic rings. The van der Waals surface area contributed by atoms with Crippen molar-refractivity contribution in [1.82, 2.24) is 15.5 Å². The second kappa shape index (κ2) is 9.62. The zero-order valence-corrected chi connectivity index (χ0v) is 18.3. The molecule has 4 amide bonds. The summed E-state index contributed by atoms with van der Waals surface area (Å²) in [7, 11) is 0. The van der Waals surface area contributed by atoms with Gasteiger partial charge >= 0.3 is 12.1 Å². The highest BCUT2D eigenvalue weighted by atomic mass is 19.1. The lowest BCUT2D eigenvalue weighted by Crippen LogP contribution is -2.53. The molecule has 2 heterocycles. The first kappa shape index (κ1) is 22.2. The van der Waals surface area contributed by atoms with Crippen LogP contribution in [0.25, 0.3) is 0 Å². The van der Waals surface area contributed by atoms with Crippen molar-refractivity contribution in [3.63, 3.8) is 0 Å². The zero-order valence-electron chi connectivity index (χ0n) is 18.3. The molecule has 3 aliphatic rings. The van der Waals surface area contributed by atoms with E-state index in [-0.39, 0.29) is 31.1 Å². The van der Waals surface area contributed by atoms with Gasteiger partial charge in [-0.25, -0.2) is 14.0 Å². The number of rotatable bonds is 5. The van der Waals surface area contributed by atoms with Crippen LogP contribution in [0.4, 0.5) is 25.4 Å². The number of hydrogen-bond donors (Lipinski definition) is 2. The number of halogens is 1. The van der Waals surface area contributed by atoms with E-state index >= 15 is 0 Å². The van der Waals surface area contributed by atoms with Gasteiger partial charge in [-0.15, -0.1) is 0 Å². The number of benzene rings is 1. The van der Waals surface area contributed by atoms with Gasteiger partial charge in [0.1, 0.15) is 11.9 Å². The van der Waals surface area contributed by atoms with Crippen molar-refractivity contribution in [3.05, 3.63) is 24.0 Å². The number of urea groups is 1. The Kier molecular flexibility index (Phi) is 6.66. The molecular formula is C22H30FN5O4. The standard InChI is InChI=1S/C22H30FN5O4/c1-15(29)24-13-18-14-28(22(31)32-18)17-6-7-20(19(23)12-17)26-8-10-27(11-9-26)21(30)25-16-4-2-3-5-16/h6-7,12,16,18H,2-5,8-11,13-14H2,1H3,(H,24,29)(H,25,30)/t18-/m0/s1. The van der Waals surface area contributed by atoms with E-state index in [0.29, 0.717) is 37.6 Å². The number of nitrogens with one attached hydrogen (secondary N) is 2. The number of ether oxygens (including phenoxy) is 1. The van der Waals surface area contributed by atoms with Gasteiger partial charge in [-0.2, -0.15) is 0 Å². The van der Waals surface area contributed by atoms with Crippen LogP contribution in [0.5, 0.6) is 0 Å². The van der Waals surface area contributed by atoms with Gasteiger partial charge in [0.15, 0.2) is 0 Å². The zero-order chi connectivity index (χ0) is 22.7. The van der Waals surface area contributed by atoms with Gasteiger partial charge in [0.05, 0.1) is 24.5 Å². The third-order valence-corrected chi connectivity index (χ3v) is 6.29. The van der Waals surface area contributed by atoms with Gasteiger partial charge < -0.3 is 25.2 Å². The Balaban J connectivity index is 1.32. The van der Waals surface area contributed by atoms with Crippen molar-refractivity contribution in [1.29, 1.82) is 0 Å². The summed E-state index contributed by atoms with van der Waals surface area (Å²) < 4.78 is 20.2. The van der Waals surface area contributed by atoms with Crippen molar-refractivity contribution < 1.29 is 23.5 Å². The first-order valence-corrected chi connectivity index (χ1v) is 11.2. The number of carbonyl (C=O) groups is 3. The Hall–Kier alpha value is -3.04. The number of hydrogen-bond acceptors (Lipinski definition) is 5. The lowest BCUT2D eigenvalue weighted by Gasteiger charge is -2.36. The second-order valence-electron chi connectivity index (χ2n) is 8.59. The molecule has 2 N–H and O–H groups in total. The largest absolute Gasteiger partial charge is 0.442 e. The number of nitrogens with zero attached hydrogens (tertiary/aromatic N) is 3. The average Bonchev–Trinajstić information content (AvgIpc) is 3.41. The van der Waals surface area contributed by atoms with Crippen molar-refractivity contribution >= 4 is 29.4 Å². The fourth-order valence-corrected chi connectivity index (χ4v) is 4.50. The van der Waals surface area contributed by atoms with Crippen molar-refractivity contribution in [2.75, 3.05) is 49.1 Å². The third-order valence-electron chi connectivity index (χ3n) is 6.29. The maximum Gasteiger partial charge on any atom is 0.414 e. The molecule has 1 atom stereocenters. The topological polar surface area (TPSA) is 94.2 Å². The fraction of sp³-hybridized carbons (Fsp3) is 0.591. The first-order valence-electron chi connectivity index (χ1n) is 11.2. The number of anilines is 2. The molecule has 2 aliphatic heterocycles. The van der Waals surface area contributed by atoms with E-state index in [1.807, 2.05) is 4.90 Å². The average molecular weight is 448 g/mol. The smallest absolute Gasteiger partial charge is 0.414 e. The number of carbonyl (C=O) groups excluding carboxylic acids is 3. The highest BCUT2D eigenvalue weighted by Gasteiger charge is 2.33. The van der Waals surface area contributed by atoms with E-state index in [0.717, 1.165) is 12.8 Å². The maximum absolute atomic E-state index is 14.9. The molecule has 1 aromatic carbocycles. The summed E-state index contributed by atoms with van der Waals surface area (Å²) in [6.07, 6.45) is 3.38. The van der Waals surface area contributed by atoms with Gasteiger partial charge in [-0.1, -0.05) is 12.8 Å². The van der Waals surface area contributed by atoms with Crippen LogP contribution in [0, 0.1) is 5.82 Å². The highest BCUT2D eigenvalue weighted by Crippen LogP contribution is 2.28. The molecule has 0 spiro atoms. The lowest BCUT2D eigenvalue weighted by atomic mass is 10.2. The monoisotopic (exact) mass is 447 g/mol. The van der Waals surface area contributed by atoms with E-state index in [1.54, 1.807) is 17.0 Å². The molecule has 0 unspecified atom stereocenters. The second-order valence-corrected chi connectivity index (χ2v) is 8.59. The third kappa shape index (κ3) is 5.05. The van der Waals surface area contributed by atoms with Gasteiger partial charge in [-0.3, -0.25) is 9.69 Å². The Morgan fingerprint density at radius 2 is 1.88 bits per heavy atom. The van der Waals surface area contributed by atoms with Crippen molar-refractivity contribution in [2.45, 2.75) is 44.8 Å². The van der Waals surface area contributed by atoms with Crippen LogP contribution in [0.3, 0.4) is 0 Å². The summed E-state index contributed by atoms with van der Waals surface area (Å²) in [4.78, 5) is 40.7. The molecule has 1 saturated carbocycles. The van der Waals surface area contributed by atoms with Crippen molar-refractivity contribution in [2.24, 2.45) is 0 Å². The van der Waals surface area contributed by atoms with Crippen LogP contribution in [0.1, 0.15) is 32.6 Å². The molecule has 9 nitrogen and oxygen atoms in total. The summed E-state index contributed by atoms with van der Waals surface area (Å²) in [5.41, 5.74) is 0.864. The predicted octanol–water partition coefficient (Wildman–Crippen LogP) is 2.06. The minimum atomic E-state index is -0.561. The molecule has 3 fully saturated rings. The molecule has 174 valence electrons. The van der Waals surface area contributed by atoms with Gasteiger partial charge in [0.2, 0.25) is 5.91 Å². The quantitative estimate of drug-likeness (QED) is 0.721. The normalized spacial score (nSPS) is 21.6. The van der Waals surface area contributed by atoms with E-state index in [2.05, 4.69) is 10.6 Å².